The van der Waals surface area contributed by atoms with Crippen LogP contribution in [-0.2, 0) is 6.42 Å². The Morgan fingerprint density at radius 3 is 2.67 bits per heavy atom. The van der Waals surface area contributed by atoms with E-state index in [0.717, 1.165) is 17.3 Å². The number of hydrogen-bond donors (Lipinski definition) is 1. The number of aromatic hydroxyl groups is 1. The highest BCUT2D eigenvalue weighted by Crippen LogP contribution is 2.20. The summed E-state index contributed by atoms with van der Waals surface area (Å²) in [6.45, 7) is 0. The fraction of sp³-hybridized carbons (Fsp3) is 0.333. The van der Waals surface area contributed by atoms with E-state index in [-0.39, 0.29) is 0 Å². The molecular weight excluding hydrogens is 331 g/mol. The summed E-state index contributed by atoms with van der Waals surface area (Å²) in [5, 5.41) is 10.4. The van der Waals surface area contributed by atoms with Gasteiger partial charge in [-0.25, -0.2) is 0 Å². The quantitative estimate of drug-likeness (QED) is 0.662. The van der Waals surface area contributed by atoms with Crippen molar-refractivity contribution in [2.24, 2.45) is 0 Å². The van der Waals surface area contributed by atoms with Crippen molar-refractivity contribution in [1.82, 2.24) is 0 Å². The van der Waals surface area contributed by atoms with Crippen LogP contribution in [0.15, 0.2) is 24.3 Å². The van der Waals surface area contributed by atoms with Gasteiger partial charge in [-0.1, -0.05) is 56.7 Å². The van der Waals surface area contributed by atoms with Crippen molar-refractivity contribution in [3.05, 3.63) is 29.8 Å². The monoisotopic (exact) mass is 340 g/mol. The third-order valence-electron chi connectivity index (χ3n) is 1.60. The normalized spacial score (nSPS) is 12.8. The lowest BCUT2D eigenvalue weighted by Gasteiger charge is -2.07. The van der Waals surface area contributed by atoms with Gasteiger partial charge < -0.3 is 5.11 Å². The second-order valence-electron chi connectivity index (χ2n) is 2.58. The first-order valence-corrected chi connectivity index (χ1v) is 6.07. The van der Waals surface area contributed by atoms with E-state index in [1.165, 1.54) is 0 Å². The van der Waals surface area contributed by atoms with Crippen molar-refractivity contribution in [1.29, 1.82) is 0 Å². The molecule has 0 radical (unpaired) electrons. The fourth-order valence-electron chi connectivity index (χ4n) is 0.977. The number of rotatable bonds is 3. The lowest BCUT2D eigenvalue weighted by atomic mass is 10.1. The van der Waals surface area contributed by atoms with Crippen LogP contribution in [0.4, 0.5) is 0 Å². The van der Waals surface area contributed by atoms with Crippen LogP contribution >= 0.6 is 38.5 Å². The van der Waals surface area contributed by atoms with Crippen LogP contribution in [0.1, 0.15) is 5.56 Å². The number of para-hydroxylation sites is 1. The molecule has 0 amide bonds. The van der Waals surface area contributed by atoms with E-state index in [1.807, 2.05) is 18.2 Å². The molecule has 0 aliphatic heterocycles. The SMILES string of the molecule is Oc1ccccc1CC(I)CBr. The average Bonchev–Trinajstić information content (AvgIpc) is 2.09. The van der Waals surface area contributed by atoms with E-state index in [2.05, 4.69) is 38.5 Å². The molecule has 66 valence electrons. The maximum Gasteiger partial charge on any atom is 0.118 e. The number of benzene rings is 1. The molecule has 1 atom stereocenters. The van der Waals surface area contributed by atoms with Gasteiger partial charge >= 0.3 is 0 Å². The van der Waals surface area contributed by atoms with Crippen LogP contribution in [0.2, 0.25) is 0 Å². The second kappa shape index (κ2) is 5.07. The molecule has 1 N–H and O–H groups in total. The highest BCUT2D eigenvalue weighted by atomic mass is 127. The van der Waals surface area contributed by atoms with E-state index in [9.17, 15) is 5.11 Å². The molecule has 0 saturated heterocycles. The number of alkyl halides is 2. The maximum absolute atomic E-state index is 9.44. The molecule has 1 unspecified atom stereocenters. The summed E-state index contributed by atoms with van der Waals surface area (Å²) >= 11 is 5.78. The van der Waals surface area contributed by atoms with Crippen molar-refractivity contribution in [3.63, 3.8) is 0 Å². The third-order valence-corrected chi connectivity index (χ3v) is 4.47. The molecule has 0 saturated carbocycles. The zero-order valence-electron chi connectivity index (χ0n) is 6.50. The molecule has 0 spiro atoms. The molecule has 0 bridgehead atoms. The minimum Gasteiger partial charge on any atom is -0.508 e. The Morgan fingerprint density at radius 1 is 1.42 bits per heavy atom. The Bertz CT molecular complexity index is 252. The largest absolute Gasteiger partial charge is 0.508 e. The number of halogens is 2. The lowest BCUT2D eigenvalue weighted by Crippen LogP contribution is -2.03. The summed E-state index contributed by atoms with van der Waals surface area (Å²) in [6.07, 6.45) is 0.915. The van der Waals surface area contributed by atoms with Crippen LogP contribution in [0.3, 0.4) is 0 Å². The molecule has 0 aliphatic rings. The summed E-state index contributed by atoms with van der Waals surface area (Å²) < 4.78 is 0.538. The van der Waals surface area contributed by atoms with Crippen LogP contribution in [-0.4, -0.2) is 14.4 Å². The highest BCUT2D eigenvalue weighted by Gasteiger charge is 2.05. The van der Waals surface area contributed by atoms with Gasteiger partial charge in [0.1, 0.15) is 5.75 Å². The Balaban J connectivity index is 2.69. The molecule has 1 nitrogen and oxygen atoms in total. The maximum atomic E-state index is 9.44. The predicted molar refractivity (Wildman–Crippen MR) is 63.4 cm³/mol. The van der Waals surface area contributed by atoms with Gasteiger partial charge in [0.15, 0.2) is 0 Å². The van der Waals surface area contributed by atoms with Crippen LogP contribution in [0.5, 0.6) is 5.75 Å². The van der Waals surface area contributed by atoms with E-state index < -0.39 is 0 Å². The fourth-order valence-corrected chi connectivity index (χ4v) is 1.68. The van der Waals surface area contributed by atoms with Crippen molar-refractivity contribution in [3.8, 4) is 5.75 Å². The van der Waals surface area contributed by atoms with Gasteiger partial charge in [0, 0.05) is 9.25 Å². The van der Waals surface area contributed by atoms with Crippen molar-refractivity contribution in [2.75, 3.05) is 5.33 Å². The first kappa shape index (κ1) is 10.3. The van der Waals surface area contributed by atoms with Gasteiger partial charge in [-0.15, -0.1) is 0 Å². The van der Waals surface area contributed by atoms with Crippen molar-refractivity contribution < 1.29 is 5.11 Å². The van der Waals surface area contributed by atoms with Crippen molar-refractivity contribution in [2.45, 2.75) is 10.3 Å². The standard InChI is InChI=1S/C9H10BrIO/c10-6-8(11)5-7-3-1-2-4-9(7)12/h1-4,8,12H,5-6H2. The van der Waals surface area contributed by atoms with Crippen LogP contribution in [0, 0.1) is 0 Å². The molecule has 0 fully saturated rings. The molecule has 1 aromatic carbocycles. The van der Waals surface area contributed by atoms with Gasteiger partial charge in [0.25, 0.3) is 0 Å². The van der Waals surface area contributed by atoms with Crippen LogP contribution < -0.4 is 0 Å². The molecule has 3 heteroatoms. The first-order chi connectivity index (χ1) is 5.74. The molecular formula is C9H10BrIO. The molecule has 0 heterocycles. The van der Waals surface area contributed by atoms with Gasteiger partial charge in [-0.3, -0.25) is 0 Å². The van der Waals surface area contributed by atoms with Crippen LogP contribution in [0.25, 0.3) is 0 Å². The Labute approximate surface area is 94.4 Å². The number of hydrogen-bond acceptors (Lipinski definition) is 1. The zero-order valence-corrected chi connectivity index (χ0v) is 10.2. The van der Waals surface area contributed by atoms with Gasteiger partial charge in [-0.05, 0) is 18.1 Å². The topological polar surface area (TPSA) is 20.2 Å². The van der Waals surface area contributed by atoms with E-state index >= 15 is 0 Å². The van der Waals surface area contributed by atoms with E-state index in [0.29, 0.717) is 9.67 Å². The van der Waals surface area contributed by atoms with Gasteiger partial charge in [-0.2, -0.15) is 0 Å². The second-order valence-corrected chi connectivity index (χ2v) is 4.99. The lowest BCUT2D eigenvalue weighted by molar-refractivity contribution is 0.468. The zero-order chi connectivity index (χ0) is 8.97. The van der Waals surface area contributed by atoms with Gasteiger partial charge in [0.05, 0.1) is 0 Å². The smallest absolute Gasteiger partial charge is 0.118 e. The van der Waals surface area contributed by atoms with E-state index in [4.69, 9.17) is 0 Å². The minimum absolute atomic E-state index is 0.403. The first-order valence-electron chi connectivity index (χ1n) is 3.71. The average molecular weight is 341 g/mol. The summed E-state index contributed by atoms with van der Waals surface area (Å²) in [7, 11) is 0. The molecule has 1 rings (SSSR count). The summed E-state index contributed by atoms with van der Waals surface area (Å²) in [4.78, 5) is 0. The summed E-state index contributed by atoms with van der Waals surface area (Å²) in [5.41, 5.74) is 1.02. The Hall–Kier alpha value is 0.230. The summed E-state index contributed by atoms with van der Waals surface area (Å²) in [5.74, 6) is 0.403. The molecule has 1 aromatic rings. The predicted octanol–water partition coefficient (Wildman–Crippen LogP) is 3.13. The molecule has 0 aliphatic carbocycles. The number of phenolic OH excluding ortho intramolecular Hbond substituents is 1. The third kappa shape index (κ3) is 2.94. The van der Waals surface area contributed by atoms with E-state index in [1.54, 1.807) is 6.07 Å². The molecule has 12 heavy (non-hydrogen) atoms. The highest BCUT2D eigenvalue weighted by molar-refractivity contribution is 14.1. The Morgan fingerprint density at radius 2 is 2.08 bits per heavy atom. The Kier molecular flexibility index (Phi) is 4.35. The van der Waals surface area contributed by atoms with Gasteiger partial charge in [0.2, 0.25) is 0 Å². The number of phenols is 1. The summed E-state index contributed by atoms with van der Waals surface area (Å²) in [6, 6.07) is 7.48. The minimum atomic E-state index is 0.403. The molecule has 0 aromatic heterocycles. The van der Waals surface area contributed by atoms with Crippen molar-refractivity contribution >= 4 is 38.5 Å².